The second kappa shape index (κ2) is 4.23. The molecule has 2 rings (SSSR count). The average molecular weight is 225 g/mol. The summed E-state index contributed by atoms with van der Waals surface area (Å²) in [4.78, 5) is 36.2. The molecule has 2 unspecified atom stereocenters. The second-order valence-electron chi connectivity index (χ2n) is 4.33. The van der Waals surface area contributed by atoms with Crippen molar-refractivity contribution in [1.82, 2.24) is 4.90 Å². The van der Waals surface area contributed by atoms with Gasteiger partial charge in [-0.1, -0.05) is 0 Å². The first kappa shape index (κ1) is 11.1. The molecular formula is C11H15NO4. The molecule has 2 fully saturated rings. The van der Waals surface area contributed by atoms with Crippen molar-refractivity contribution in [3.8, 4) is 0 Å². The zero-order chi connectivity index (χ0) is 11.7. The first-order chi connectivity index (χ1) is 7.63. The van der Waals surface area contributed by atoms with E-state index in [1.54, 1.807) is 4.90 Å². The molecule has 0 radical (unpaired) electrons. The highest BCUT2D eigenvalue weighted by Gasteiger charge is 2.43. The van der Waals surface area contributed by atoms with E-state index in [-0.39, 0.29) is 30.1 Å². The van der Waals surface area contributed by atoms with Gasteiger partial charge in [0.2, 0.25) is 5.91 Å². The lowest BCUT2D eigenvalue weighted by Crippen LogP contribution is -2.44. The van der Waals surface area contributed by atoms with Crippen molar-refractivity contribution in [3.63, 3.8) is 0 Å². The summed E-state index contributed by atoms with van der Waals surface area (Å²) < 4.78 is 4.68. The van der Waals surface area contributed by atoms with Crippen LogP contribution < -0.4 is 0 Å². The Morgan fingerprint density at radius 3 is 2.75 bits per heavy atom. The van der Waals surface area contributed by atoms with Crippen LogP contribution >= 0.6 is 0 Å². The van der Waals surface area contributed by atoms with Crippen molar-refractivity contribution in [2.45, 2.75) is 44.2 Å². The lowest BCUT2D eigenvalue weighted by molar-refractivity contribution is -0.152. The molecule has 2 atom stereocenters. The molecule has 0 aromatic rings. The molecular weight excluding hydrogens is 210 g/mol. The molecule has 2 aliphatic heterocycles. The number of Topliss-reactive ketones (excluding diaryl/α,β-unsaturated/α-hetero) is 1. The predicted molar refractivity (Wildman–Crippen MR) is 54.5 cm³/mol. The van der Waals surface area contributed by atoms with E-state index >= 15 is 0 Å². The number of nitrogens with zero attached hydrogens (tertiary/aromatic N) is 1. The van der Waals surface area contributed by atoms with E-state index < -0.39 is 6.04 Å². The van der Waals surface area contributed by atoms with Crippen LogP contribution in [0.4, 0.5) is 0 Å². The third-order valence-corrected chi connectivity index (χ3v) is 3.37. The first-order valence-electron chi connectivity index (χ1n) is 5.54. The summed E-state index contributed by atoms with van der Waals surface area (Å²) in [7, 11) is 1.32. The monoisotopic (exact) mass is 225 g/mol. The lowest BCUT2D eigenvalue weighted by Gasteiger charge is -2.26. The molecule has 0 aromatic heterocycles. The predicted octanol–water partition coefficient (Wildman–Crippen LogP) is 0.272. The van der Waals surface area contributed by atoms with Gasteiger partial charge in [-0.25, -0.2) is 4.79 Å². The summed E-state index contributed by atoms with van der Waals surface area (Å²) in [6, 6.07) is -0.434. The van der Waals surface area contributed by atoms with Gasteiger partial charge in [-0.3, -0.25) is 9.59 Å². The zero-order valence-electron chi connectivity index (χ0n) is 9.27. The number of carbonyl (C=O) groups is 3. The summed E-state index contributed by atoms with van der Waals surface area (Å²) in [6.07, 6.45) is 2.50. The average Bonchev–Trinajstić information content (AvgIpc) is 2.63. The Balaban J connectivity index is 2.19. The number of amides is 1. The van der Waals surface area contributed by atoms with E-state index in [1.807, 2.05) is 0 Å². The number of rotatable bonds is 1. The van der Waals surface area contributed by atoms with Gasteiger partial charge in [-0.2, -0.15) is 0 Å². The van der Waals surface area contributed by atoms with Gasteiger partial charge in [0.05, 0.1) is 13.5 Å². The molecule has 0 saturated carbocycles. The summed E-state index contributed by atoms with van der Waals surface area (Å²) in [5.74, 6) is -0.617. The second-order valence-corrected chi connectivity index (χ2v) is 4.33. The van der Waals surface area contributed by atoms with Crippen LogP contribution in [-0.4, -0.2) is 41.8 Å². The third kappa shape index (κ3) is 1.81. The summed E-state index contributed by atoms with van der Waals surface area (Å²) >= 11 is 0. The minimum absolute atomic E-state index is 0.0250. The standard InChI is InChI=1S/C11H15NO4/c1-16-11(15)9-5-3-7-2-4-8(13)6-10(14)12(7)9/h7,9H,2-6H2,1H3. The molecule has 5 heteroatoms. The molecule has 16 heavy (non-hydrogen) atoms. The van der Waals surface area contributed by atoms with Crippen molar-refractivity contribution in [2.24, 2.45) is 0 Å². The van der Waals surface area contributed by atoms with Crippen molar-refractivity contribution in [3.05, 3.63) is 0 Å². The van der Waals surface area contributed by atoms with Gasteiger partial charge in [-0.15, -0.1) is 0 Å². The molecule has 88 valence electrons. The van der Waals surface area contributed by atoms with Crippen molar-refractivity contribution in [1.29, 1.82) is 0 Å². The zero-order valence-corrected chi connectivity index (χ0v) is 9.27. The number of ether oxygens (including phenoxy) is 1. The summed E-state index contributed by atoms with van der Waals surface area (Å²) in [6.45, 7) is 0. The smallest absolute Gasteiger partial charge is 0.328 e. The van der Waals surface area contributed by atoms with Crippen LogP contribution in [-0.2, 0) is 19.1 Å². The Labute approximate surface area is 93.7 Å². The Morgan fingerprint density at radius 2 is 2.06 bits per heavy atom. The van der Waals surface area contributed by atoms with E-state index in [2.05, 4.69) is 4.74 Å². The van der Waals surface area contributed by atoms with Crippen molar-refractivity contribution >= 4 is 17.7 Å². The lowest BCUT2D eigenvalue weighted by atomic mass is 10.1. The quantitative estimate of drug-likeness (QED) is 0.474. The van der Waals surface area contributed by atoms with E-state index in [9.17, 15) is 14.4 Å². The molecule has 0 aromatic carbocycles. The minimum Gasteiger partial charge on any atom is -0.467 e. The molecule has 1 amide bonds. The van der Waals surface area contributed by atoms with E-state index in [0.717, 1.165) is 6.42 Å². The number of methoxy groups -OCH3 is 1. The fourth-order valence-electron chi connectivity index (χ4n) is 2.59. The Bertz CT molecular complexity index is 339. The highest BCUT2D eigenvalue weighted by molar-refractivity contribution is 6.00. The number of esters is 1. The van der Waals surface area contributed by atoms with E-state index in [0.29, 0.717) is 19.3 Å². The van der Waals surface area contributed by atoms with E-state index in [4.69, 9.17) is 0 Å². The topological polar surface area (TPSA) is 63.7 Å². The van der Waals surface area contributed by atoms with Crippen LogP contribution in [0, 0.1) is 0 Å². The molecule has 0 spiro atoms. The SMILES string of the molecule is COC(=O)C1CCC2CCC(=O)CC(=O)N21. The molecule has 0 N–H and O–H groups in total. The van der Waals surface area contributed by atoms with Crippen LogP contribution in [0.5, 0.6) is 0 Å². The Kier molecular flexibility index (Phi) is 2.94. The van der Waals surface area contributed by atoms with Crippen molar-refractivity contribution in [2.75, 3.05) is 7.11 Å². The largest absolute Gasteiger partial charge is 0.467 e. The van der Waals surface area contributed by atoms with Gasteiger partial charge in [0.25, 0.3) is 0 Å². The number of ketones is 1. The minimum atomic E-state index is -0.478. The number of carbonyl (C=O) groups excluding carboxylic acids is 3. The summed E-state index contributed by atoms with van der Waals surface area (Å²) in [5, 5.41) is 0. The molecule has 0 bridgehead atoms. The fourth-order valence-corrected chi connectivity index (χ4v) is 2.59. The number of hydrogen-bond acceptors (Lipinski definition) is 4. The Hall–Kier alpha value is -1.39. The summed E-state index contributed by atoms with van der Waals surface area (Å²) in [5.41, 5.74) is 0. The molecule has 2 aliphatic rings. The van der Waals surface area contributed by atoms with Crippen LogP contribution in [0.1, 0.15) is 32.1 Å². The molecule has 5 nitrogen and oxygen atoms in total. The third-order valence-electron chi connectivity index (χ3n) is 3.37. The van der Waals surface area contributed by atoms with Crippen LogP contribution in [0.3, 0.4) is 0 Å². The normalized spacial score (nSPS) is 29.9. The number of fused-ring (bicyclic) bond motifs is 1. The van der Waals surface area contributed by atoms with Crippen LogP contribution in [0.25, 0.3) is 0 Å². The van der Waals surface area contributed by atoms with Crippen LogP contribution in [0.2, 0.25) is 0 Å². The van der Waals surface area contributed by atoms with Gasteiger partial charge >= 0.3 is 5.97 Å². The maximum absolute atomic E-state index is 11.8. The molecule has 2 saturated heterocycles. The highest BCUT2D eigenvalue weighted by Crippen LogP contribution is 2.31. The maximum atomic E-state index is 11.8. The van der Waals surface area contributed by atoms with Crippen LogP contribution in [0.15, 0.2) is 0 Å². The highest BCUT2D eigenvalue weighted by atomic mass is 16.5. The molecule has 0 aliphatic carbocycles. The van der Waals surface area contributed by atoms with Gasteiger partial charge in [0.1, 0.15) is 11.8 Å². The fraction of sp³-hybridized carbons (Fsp3) is 0.727. The maximum Gasteiger partial charge on any atom is 0.328 e. The number of hydrogen-bond donors (Lipinski definition) is 0. The van der Waals surface area contributed by atoms with Gasteiger partial charge in [0.15, 0.2) is 0 Å². The first-order valence-corrected chi connectivity index (χ1v) is 5.54. The van der Waals surface area contributed by atoms with Gasteiger partial charge in [0, 0.05) is 12.5 Å². The van der Waals surface area contributed by atoms with E-state index in [1.165, 1.54) is 7.11 Å². The van der Waals surface area contributed by atoms with Gasteiger partial charge in [-0.05, 0) is 19.3 Å². The van der Waals surface area contributed by atoms with Crippen molar-refractivity contribution < 1.29 is 19.1 Å². The Morgan fingerprint density at radius 1 is 1.31 bits per heavy atom. The van der Waals surface area contributed by atoms with Gasteiger partial charge < -0.3 is 9.64 Å². The molecule has 2 heterocycles.